The van der Waals surface area contributed by atoms with E-state index in [0.717, 1.165) is 38.5 Å². The standard InChI is InChI=1S/C26H39N5O4/c1-15-6-7-20(17-9-26(10-17)11-18(27)12-26)31(14-15)23(33)22(32)29-19-8-16(2)21(28-13-19)30-24(34)35-25(3,4)5/h8,13,15,17-18,20H,6-7,9-12,14,27H2,1-5H3,(H,29,32)(H,28,30,34). The molecule has 1 spiro atoms. The lowest BCUT2D eigenvalue weighted by atomic mass is 9.48. The second kappa shape index (κ2) is 9.41. The molecule has 2 saturated carbocycles. The van der Waals surface area contributed by atoms with Crippen LogP contribution in [0.15, 0.2) is 12.3 Å². The number of nitrogens with zero attached hydrogens (tertiary/aromatic N) is 2. The highest BCUT2D eigenvalue weighted by atomic mass is 16.6. The van der Waals surface area contributed by atoms with Crippen molar-refractivity contribution >= 4 is 29.4 Å². The van der Waals surface area contributed by atoms with Crippen LogP contribution < -0.4 is 16.4 Å². The first-order valence-electron chi connectivity index (χ1n) is 12.7. The summed E-state index contributed by atoms with van der Waals surface area (Å²) in [6.45, 7) is 9.84. The lowest BCUT2D eigenvalue weighted by Gasteiger charge is -2.60. The zero-order chi connectivity index (χ0) is 25.5. The molecule has 9 heteroatoms. The van der Waals surface area contributed by atoms with Crippen molar-refractivity contribution in [2.24, 2.45) is 23.0 Å². The van der Waals surface area contributed by atoms with E-state index < -0.39 is 23.5 Å². The number of nitrogens with two attached hydrogens (primary N) is 1. The van der Waals surface area contributed by atoms with Crippen molar-refractivity contribution in [1.29, 1.82) is 0 Å². The molecule has 2 aliphatic carbocycles. The number of hydrogen-bond donors (Lipinski definition) is 3. The Morgan fingerprint density at radius 1 is 1.14 bits per heavy atom. The minimum atomic E-state index is -0.655. The number of aromatic nitrogens is 1. The largest absolute Gasteiger partial charge is 0.444 e. The van der Waals surface area contributed by atoms with Gasteiger partial charge in [0.25, 0.3) is 0 Å². The van der Waals surface area contributed by atoms with Crippen molar-refractivity contribution in [3.05, 3.63) is 17.8 Å². The zero-order valence-corrected chi connectivity index (χ0v) is 21.5. The fourth-order valence-corrected chi connectivity index (χ4v) is 6.10. The summed E-state index contributed by atoms with van der Waals surface area (Å²) in [5, 5.41) is 5.31. The third-order valence-electron chi connectivity index (χ3n) is 7.60. The molecule has 0 radical (unpaired) electrons. The van der Waals surface area contributed by atoms with Crippen LogP contribution in [-0.2, 0) is 14.3 Å². The molecule has 1 aromatic rings. The summed E-state index contributed by atoms with van der Waals surface area (Å²) in [5.74, 6) is 0.0209. The van der Waals surface area contributed by atoms with Crippen LogP contribution in [0.3, 0.4) is 0 Å². The summed E-state index contributed by atoms with van der Waals surface area (Å²) in [5.41, 5.74) is 6.83. The fourth-order valence-electron chi connectivity index (χ4n) is 6.10. The maximum atomic E-state index is 13.2. The van der Waals surface area contributed by atoms with Gasteiger partial charge in [0, 0.05) is 18.6 Å². The van der Waals surface area contributed by atoms with E-state index in [2.05, 4.69) is 22.5 Å². The number of carbonyl (C=O) groups is 3. The first-order valence-corrected chi connectivity index (χ1v) is 12.7. The SMILES string of the molecule is Cc1cc(NC(=O)C(=O)N2CC(C)CCC2C2CC3(CC(N)C3)C2)cnc1NC(=O)OC(C)(C)C. The number of nitrogens with one attached hydrogen (secondary N) is 2. The predicted octanol–water partition coefficient (Wildman–Crippen LogP) is 3.82. The molecule has 2 heterocycles. The molecule has 0 aromatic carbocycles. The molecular formula is C26H39N5O4. The van der Waals surface area contributed by atoms with Gasteiger partial charge in [-0.25, -0.2) is 9.78 Å². The van der Waals surface area contributed by atoms with Gasteiger partial charge in [-0.15, -0.1) is 0 Å². The van der Waals surface area contributed by atoms with Crippen LogP contribution in [0.4, 0.5) is 16.3 Å². The van der Waals surface area contributed by atoms with Crippen molar-refractivity contribution in [1.82, 2.24) is 9.88 Å². The molecule has 35 heavy (non-hydrogen) atoms. The molecule has 4 N–H and O–H groups in total. The quantitative estimate of drug-likeness (QED) is 0.559. The monoisotopic (exact) mass is 485 g/mol. The highest BCUT2D eigenvalue weighted by molar-refractivity contribution is 6.39. The number of hydrogen-bond acceptors (Lipinski definition) is 6. The highest BCUT2D eigenvalue weighted by Crippen LogP contribution is 2.60. The van der Waals surface area contributed by atoms with Crippen LogP contribution in [0.2, 0.25) is 0 Å². The van der Waals surface area contributed by atoms with Crippen LogP contribution in [0.1, 0.15) is 71.8 Å². The third kappa shape index (κ3) is 5.77. The number of amides is 3. The predicted molar refractivity (Wildman–Crippen MR) is 134 cm³/mol. The van der Waals surface area contributed by atoms with Gasteiger partial charge in [-0.1, -0.05) is 6.92 Å². The number of ether oxygens (including phenoxy) is 1. The fraction of sp³-hybridized carbons (Fsp3) is 0.692. The van der Waals surface area contributed by atoms with Gasteiger partial charge in [0.05, 0.1) is 11.9 Å². The van der Waals surface area contributed by atoms with Gasteiger partial charge in [-0.05, 0) is 95.1 Å². The van der Waals surface area contributed by atoms with Gasteiger partial charge < -0.3 is 20.7 Å². The number of carbonyl (C=O) groups excluding carboxylic acids is 3. The van der Waals surface area contributed by atoms with E-state index in [1.54, 1.807) is 38.7 Å². The van der Waals surface area contributed by atoms with Gasteiger partial charge in [-0.2, -0.15) is 0 Å². The Morgan fingerprint density at radius 2 is 1.83 bits per heavy atom. The number of piperidine rings is 1. The minimum Gasteiger partial charge on any atom is -0.444 e. The van der Waals surface area contributed by atoms with E-state index in [0.29, 0.717) is 46.9 Å². The van der Waals surface area contributed by atoms with Crippen molar-refractivity contribution in [3.63, 3.8) is 0 Å². The van der Waals surface area contributed by atoms with Crippen LogP contribution in [-0.4, -0.2) is 52.0 Å². The molecule has 3 amide bonds. The average Bonchev–Trinajstić information content (AvgIpc) is 2.70. The molecule has 3 fully saturated rings. The van der Waals surface area contributed by atoms with Gasteiger partial charge in [0.15, 0.2) is 0 Å². The molecule has 2 atom stereocenters. The van der Waals surface area contributed by atoms with Crippen LogP contribution >= 0.6 is 0 Å². The normalized spacial score (nSPS) is 30.2. The Hall–Kier alpha value is -2.68. The average molecular weight is 486 g/mol. The van der Waals surface area contributed by atoms with E-state index in [-0.39, 0.29) is 6.04 Å². The summed E-state index contributed by atoms with van der Waals surface area (Å²) < 4.78 is 5.25. The van der Waals surface area contributed by atoms with Gasteiger partial charge in [-0.3, -0.25) is 14.9 Å². The van der Waals surface area contributed by atoms with E-state index in [1.165, 1.54) is 6.20 Å². The van der Waals surface area contributed by atoms with Gasteiger partial charge >= 0.3 is 17.9 Å². The number of likely N-dealkylation sites (tertiary alicyclic amines) is 1. The maximum Gasteiger partial charge on any atom is 0.413 e. The summed E-state index contributed by atoms with van der Waals surface area (Å²) in [6.07, 6.45) is 7.25. The topological polar surface area (TPSA) is 127 Å². The molecule has 4 rings (SSSR count). The van der Waals surface area contributed by atoms with Crippen LogP contribution in [0.25, 0.3) is 0 Å². The molecule has 0 bridgehead atoms. The van der Waals surface area contributed by atoms with Crippen LogP contribution in [0.5, 0.6) is 0 Å². The molecule has 192 valence electrons. The maximum absolute atomic E-state index is 13.2. The minimum absolute atomic E-state index is 0.118. The second-order valence-corrected chi connectivity index (χ2v) is 12.0. The molecule has 1 aromatic heterocycles. The van der Waals surface area contributed by atoms with Crippen LogP contribution in [0, 0.1) is 24.2 Å². The van der Waals surface area contributed by atoms with Crippen molar-refractivity contribution < 1.29 is 19.1 Å². The lowest BCUT2D eigenvalue weighted by molar-refractivity contribution is -0.152. The molecule has 1 saturated heterocycles. The Balaban J connectivity index is 1.37. The number of anilines is 2. The Bertz CT molecular complexity index is 990. The Morgan fingerprint density at radius 3 is 2.43 bits per heavy atom. The molecule has 9 nitrogen and oxygen atoms in total. The lowest BCUT2D eigenvalue weighted by Crippen LogP contribution is -2.60. The summed E-state index contributed by atoms with van der Waals surface area (Å²) in [4.78, 5) is 44.2. The van der Waals surface area contributed by atoms with E-state index in [9.17, 15) is 14.4 Å². The number of pyridine rings is 1. The summed E-state index contributed by atoms with van der Waals surface area (Å²) >= 11 is 0. The number of rotatable bonds is 3. The summed E-state index contributed by atoms with van der Waals surface area (Å²) in [6, 6.07) is 2.12. The Kier molecular flexibility index (Phi) is 6.83. The highest BCUT2D eigenvalue weighted by Gasteiger charge is 2.55. The third-order valence-corrected chi connectivity index (χ3v) is 7.60. The number of aryl methyl sites for hydroxylation is 1. The van der Waals surface area contributed by atoms with E-state index in [4.69, 9.17) is 10.5 Å². The molecular weight excluding hydrogens is 446 g/mol. The smallest absolute Gasteiger partial charge is 0.413 e. The van der Waals surface area contributed by atoms with Crippen molar-refractivity contribution in [2.75, 3.05) is 17.2 Å². The second-order valence-electron chi connectivity index (χ2n) is 12.0. The summed E-state index contributed by atoms with van der Waals surface area (Å²) in [7, 11) is 0. The van der Waals surface area contributed by atoms with Crippen molar-refractivity contribution in [2.45, 2.75) is 90.8 Å². The molecule has 2 unspecified atom stereocenters. The van der Waals surface area contributed by atoms with Gasteiger partial charge in [0.2, 0.25) is 0 Å². The van der Waals surface area contributed by atoms with Crippen molar-refractivity contribution in [3.8, 4) is 0 Å². The first-order chi connectivity index (χ1) is 16.3. The van der Waals surface area contributed by atoms with Gasteiger partial charge in [0.1, 0.15) is 11.4 Å². The molecule has 1 aliphatic heterocycles. The van der Waals surface area contributed by atoms with E-state index >= 15 is 0 Å². The molecule has 3 aliphatic rings. The zero-order valence-electron chi connectivity index (χ0n) is 21.5. The Labute approximate surface area is 207 Å². The van der Waals surface area contributed by atoms with E-state index in [1.807, 2.05) is 0 Å². The first kappa shape index (κ1) is 25.4.